The molecule has 3 nitrogen and oxygen atoms in total. The Morgan fingerprint density at radius 3 is 2.56 bits per heavy atom. The largest absolute Gasteiger partial charge is 0.493 e. The fraction of sp³-hybridized carbons (Fsp3) is 0.462. The number of benzene rings is 1. The highest BCUT2D eigenvalue weighted by atomic mass is 16.5. The molecule has 1 rings (SSSR count). The molecule has 0 fully saturated rings. The fourth-order valence-corrected chi connectivity index (χ4v) is 1.39. The number of hydrogen-bond donors (Lipinski definition) is 1. The molecule has 0 aliphatic carbocycles. The maximum Gasteiger partial charge on any atom is 0.185 e. The van der Waals surface area contributed by atoms with Crippen molar-refractivity contribution in [2.75, 3.05) is 13.7 Å². The SMILES string of the molecule is CCOc1ccccc1C(=O)C(C)(C)NC. The first kappa shape index (κ1) is 12.7. The van der Waals surface area contributed by atoms with Gasteiger partial charge in [0.2, 0.25) is 0 Å². The average molecular weight is 221 g/mol. The van der Waals surface area contributed by atoms with Crippen LogP contribution in [-0.4, -0.2) is 25.0 Å². The first-order chi connectivity index (χ1) is 7.53. The Labute approximate surface area is 96.8 Å². The van der Waals surface area contributed by atoms with Crippen molar-refractivity contribution in [1.29, 1.82) is 0 Å². The summed E-state index contributed by atoms with van der Waals surface area (Å²) in [5.41, 5.74) is 0.0522. The van der Waals surface area contributed by atoms with Gasteiger partial charge in [-0.15, -0.1) is 0 Å². The van der Waals surface area contributed by atoms with Crippen molar-refractivity contribution in [3.63, 3.8) is 0 Å². The number of nitrogens with one attached hydrogen (secondary N) is 1. The summed E-state index contributed by atoms with van der Waals surface area (Å²) in [6, 6.07) is 7.34. The molecule has 1 aromatic rings. The van der Waals surface area contributed by atoms with E-state index in [2.05, 4.69) is 5.32 Å². The zero-order chi connectivity index (χ0) is 12.2. The third-order valence-electron chi connectivity index (χ3n) is 2.62. The molecule has 0 heterocycles. The maximum absolute atomic E-state index is 12.3. The number of ketones is 1. The lowest BCUT2D eigenvalue weighted by Gasteiger charge is -2.23. The van der Waals surface area contributed by atoms with E-state index >= 15 is 0 Å². The number of ether oxygens (including phenoxy) is 1. The lowest BCUT2D eigenvalue weighted by atomic mass is 9.93. The van der Waals surface area contributed by atoms with Crippen molar-refractivity contribution < 1.29 is 9.53 Å². The molecule has 0 unspecified atom stereocenters. The summed E-state index contributed by atoms with van der Waals surface area (Å²) in [7, 11) is 1.78. The molecule has 3 heteroatoms. The van der Waals surface area contributed by atoms with Crippen molar-refractivity contribution >= 4 is 5.78 Å². The first-order valence-electron chi connectivity index (χ1n) is 5.48. The van der Waals surface area contributed by atoms with Gasteiger partial charge in [0, 0.05) is 0 Å². The van der Waals surface area contributed by atoms with E-state index in [0.717, 1.165) is 0 Å². The van der Waals surface area contributed by atoms with E-state index < -0.39 is 5.54 Å². The van der Waals surface area contributed by atoms with Crippen LogP contribution in [0.25, 0.3) is 0 Å². The van der Waals surface area contributed by atoms with Crippen molar-refractivity contribution in [3.05, 3.63) is 29.8 Å². The molecule has 16 heavy (non-hydrogen) atoms. The molecule has 0 aliphatic heterocycles. The van der Waals surface area contributed by atoms with E-state index in [1.165, 1.54) is 0 Å². The second-order valence-corrected chi connectivity index (χ2v) is 4.13. The monoisotopic (exact) mass is 221 g/mol. The van der Waals surface area contributed by atoms with Crippen LogP contribution in [0.15, 0.2) is 24.3 Å². The van der Waals surface area contributed by atoms with Gasteiger partial charge in [0.05, 0.1) is 17.7 Å². The number of Topliss-reactive ketones (excluding diaryl/α,β-unsaturated/α-hetero) is 1. The van der Waals surface area contributed by atoms with Crippen LogP contribution >= 0.6 is 0 Å². The molecule has 0 amide bonds. The summed E-state index contributed by atoms with van der Waals surface area (Å²) in [6.07, 6.45) is 0. The summed E-state index contributed by atoms with van der Waals surface area (Å²) < 4.78 is 5.45. The van der Waals surface area contributed by atoms with E-state index in [4.69, 9.17) is 4.74 Å². The molecule has 0 spiro atoms. The maximum atomic E-state index is 12.3. The standard InChI is InChI=1S/C13H19NO2/c1-5-16-11-9-7-6-8-10(11)12(15)13(2,3)14-4/h6-9,14H,5H2,1-4H3. The number of para-hydroxylation sites is 1. The van der Waals surface area contributed by atoms with Gasteiger partial charge in [-0.1, -0.05) is 12.1 Å². The zero-order valence-corrected chi connectivity index (χ0v) is 10.3. The summed E-state index contributed by atoms with van der Waals surface area (Å²) in [5, 5.41) is 3.00. The fourth-order valence-electron chi connectivity index (χ4n) is 1.39. The molecule has 0 saturated heterocycles. The predicted molar refractivity (Wildman–Crippen MR) is 65.1 cm³/mol. The predicted octanol–water partition coefficient (Wildman–Crippen LogP) is 2.27. The van der Waals surface area contributed by atoms with E-state index in [-0.39, 0.29) is 5.78 Å². The second kappa shape index (κ2) is 5.12. The van der Waals surface area contributed by atoms with Gasteiger partial charge >= 0.3 is 0 Å². The van der Waals surface area contributed by atoms with Crippen molar-refractivity contribution in [2.45, 2.75) is 26.3 Å². The number of likely N-dealkylation sites (N-methyl/N-ethyl adjacent to an activating group) is 1. The number of carbonyl (C=O) groups is 1. The Balaban J connectivity index is 3.08. The first-order valence-corrected chi connectivity index (χ1v) is 5.48. The summed E-state index contributed by atoms with van der Waals surface area (Å²) in [5.74, 6) is 0.692. The molecule has 1 N–H and O–H groups in total. The molecule has 0 aromatic heterocycles. The van der Waals surface area contributed by atoms with Crippen LogP contribution in [0.5, 0.6) is 5.75 Å². The van der Waals surface area contributed by atoms with Crippen LogP contribution in [0.1, 0.15) is 31.1 Å². The van der Waals surface area contributed by atoms with Gasteiger partial charge in [-0.3, -0.25) is 4.79 Å². The highest BCUT2D eigenvalue weighted by Gasteiger charge is 2.28. The van der Waals surface area contributed by atoms with Gasteiger partial charge in [-0.2, -0.15) is 0 Å². The summed E-state index contributed by atoms with van der Waals surface area (Å²) >= 11 is 0. The molecular weight excluding hydrogens is 202 g/mol. The van der Waals surface area contributed by atoms with E-state index in [1.807, 2.05) is 39.0 Å². The Kier molecular flexibility index (Phi) is 4.07. The van der Waals surface area contributed by atoms with Gasteiger partial charge in [-0.05, 0) is 40.0 Å². The smallest absolute Gasteiger partial charge is 0.185 e. The van der Waals surface area contributed by atoms with Gasteiger partial charge in [-0.25, -0.2) is 0 Å². The third kappa shape index (κ3) is 2.61. The normalized spacial score (nSPS) is 11.2. The van der Waals surface area contributed by atoms with Crippen LogP contribution in [0.3, 0.4) is 0 Å². The molecular formula is C13H19NO2. The van der Waals surface area contributed by atoms with Crippen molar-refractivity contribution in [3.8, 4) is 5.75 Å². The molecule has 0 radical (unpaired) electrons. The zero-order valence-electron chi connectivity index (χ0n) is 10.3. The highest BCUT2D eigenvalue weighted by molar-refractivity contribution is 6.04. The summed E-state index contributed by atoms with van der Waals surface area (Å²) in [6.45, 7) is 6.19. The molecule has 88 valence electrons. The van der Waals surface area contributed by atoms with Crippen LogP contribution in [-0.2, 0) is 0 Å². The quantitative estimate of drug-likeness (QED) is 0.775. The Hall–Kier alpha value is -1.35. The van der Waals surface area contributed by atoms with E-state index in [9.17, 15) is 4.79 Å². The van der Waals surface area contributed by atoms with Gasteiger partial charge in [0.15, 0.2) is 5.78 Å². The minimum absolute atomic E-state index is 0.0408. The van der Waals surface area contributed by atoms with Crippen LogP contribution in [0, 0.1) is 0 Å². The average Bonchev–Trinajstić information content (AvgIpc) is 2.29. The lowest BCUT2D eigenvalue weighted by molar-refractivity contribution is 0.0885. The number of carbonyl (C=O) groups excluding carboxylic acids is 1. The molecule has 0 bridgehead atoms. The third-order valence-corrected chi connectivity index (χ3v) is 2.62. The lowest BCUT2D eigenvalue weighted by Crippen LogP contribution is -2.44. The van der Waals surface area contributed by atoms with Gasteiger partial charge in [0.25, 0.3) is 0 Å². The highest BCUT2D eigenvalue weighted by Crippen LogP contribution is 2.22. The minimum atomic E-state index is -0.576. The van der Waals surface area contributed by atoms with Crippen molar-refractivity contribution in [2.24, 2.45) is 0 Å². The van der Waals surface area contributed by atoms with Crippen molar-refractivity contribution in [1.82, 2.24) is 5.32 Å². The van der Waals surface area contributed by atoms with Gasteiger partial charge < -0.3 is 10.1 Å². The van der Waals surface area contributed by atoms with Crippen LogP contribution < -0.4 is 10.1 Å². The van der Waals surface area contributed by atoms with Gasteiger partial charge in [0.1, 0.15) is 5.75 Å². The number of rotatable bonds is 5. The molecule has 0 saturated carbocycles. The summed E-state index contributed by atoms with van der Waals surface area (Å²) in [4.78, 5) is 12.3. The topological polar surface area (TPSA) is 38.3 Å². The number of hydrogen-bond acceptors (Lipinski definition) is 3. The Morgan fingerprint density at radius 1 is 1.38 bits per heavy atom. The second-order valence-electron chi connectivity index (χ2n) is 4.13. The Bertz CT molecular complexity index is 372. The van der Waals surface area contributed by atoms with E-state index in [1.54, 1.807) is 13.1 Å². The van der Waals surface area contributed by atoms with E-state index in [0.29, 0.717) is 17.9 Å². The minimum Gasteiger partial charge on any atom is -0.493 e. The molecule has 1 aromatic carbocycles. The van der Waals surface area contributed by atoms with Crippen LogP contribution in [0.4, 0.5) is 0 Å². The Morgan fingerprint density at radius 2 is 2.00 bits per heavy atom. The molecule has 0 aliphatic rings. The van der Waals surface area contributed by atoms with Crippen LogP contribution in [0.2, 0.25) is 0 Å². The molecule has 0 atom stereocenters.